The van der Waals surface area contributed by atoms with Crippen molar-refractivity contribution in [2.24, 2.45) is 40.4 Å². The van der Waals surface area contributed by atoms with Crippen LogP contribution in [0.4, 0.5) is 0 Å². The van der Waals surface area contributed by atoms with Crippen LogP contribution in [0.25, 0.3) is 0 Å². The Bertz CT molecular complexity index is 480. The zero-order chi connectivity index (χ0) is 17.1. The highest BCUT2D eigenvalue weighted by Crippen LogP contribution is 2.67. The number of methoxy groups -OCH3 is 1. The van der Waals surface area contributed by atoms with Gasteiger partial charge in [0.15, 0.2) is 0 Å². The Morgan fingerprint density at radius 1 is 0.958 bits per heavy atom. The van der Waals surface area contributed by atoms with Crippen molar-refractivity contribution in [1.29, 1.82) is 0 Å². The summed E-state index contributed by atoms with van der Waals surface area (Å²) in [5.41, 5.74) is 0.475. The van der Waals surface area contributed by atoms with Crippen LogP contribution in [-0.2, 0) is 4.74 Å². The second-order valence-corrected chi connectivity index (χ2v) is 9.93. The normalized spacial score (nSPS) is 57.1. The fourth-order valence-corrected chi connectivity index (χ4v) is 7.91. The second kappa shape index (κ2) is 5.96. The van der Waals surface area contributed by atoms with Crippen molar-refractivity contribution in [3.63, 3.8) is 0 Å². The molecule has 0 bridgehead atoms. The van der Waals surface area contributed by atoms with Gasteiger partial charge in [0.2, 0.25) is 0 Å². The molecule has 0 aliphatic heterocycles. The van der Waals surface area contributed by atoms with E-state index >= 15 is 0 Å². The van der Waals surface area contributed by atoms with Crippen LogP contribution in [0.1, 0.15) is 65.2 Å². The zero-order valence-corrected chi connectivity index (χ0v) is 15.7. The van der Waals surface area contributed by atoms with Crippen molar-refractivity contribution in [3.05, 3.63) is 0 Å². The van der Waals surface area contributed by atoms with Crippen molar-refractivity contribution in [2.45, 2.75) is 77.4 Å². The molecule has 4 saturated carbocycles. The van der Waals surface area contributed by atoms with Gasteiger partial charge in [0, 0.05) is 13.7 Å². The monoisotopic (exact) mass is 336 g/mol. The van der Waals surface area contributed by atoms with Crippen LogP contribution in [0, 0.1) is 40.4 Å². The van der Waals surface area contributed by atoms with E-state index in [1.165, 1.54) is 32.1 Å². The second-order valence-electron chi connectivity index (χ2n) is 9.93. The summed E-state index contributed by atoms with van der Waals surface area (Å²) in [6.07, 6.45) is 8.92. The molecule has 0 saturated heterocycles. The average molecular weight is 337 g/mol. The van der Waals surface area contributed by atoms with E-state index in [1.54, 1.807) is 0 Å². The van der Waals surface area contributed by atoms with E-state index in [2.05, 4.69) is 13.8 Å². The number of hydrogen-bond donors (Lipinski definition) is 2. The maximum Gasteiger partial charge on any atom is 0.0596 e. The van der Waals surface area contributed by atoms with Gasteiger partial charge in [-0.25, -0.2) is 0 Å². The first-order valence-electron chi connectivity index (χ1n) is 10.3. The number of rotatable bonds is 2. The minimum absolute atomic E-state index is 0.0862. The minimum Gasteiger partial charge on any atom is -0.393 e. The quantitative estimate of drug-likeness (QED) is 0.810. The van der Waals surface area contributed by atoms with Gasteiger partial charge in [-0.1, -0.05) is 13.8 Å². The van der Waals surface area contributed by atoms with E-state index in [1.807, 2.05) is 7.11 Å². The molecule has 0 heterocycles. The fourth-order valence-electron chi connectivity index (χ4n) is 7.91. The predicted molar refractivity (Wildman–Crippen MR) is 94.5 cm³/mol. The molecule has 0 aromatic rings. The minimum atomic E-state index is -0.137. The zero-order valence-electron chi connectivity index (χ0n) is 15.7. The Balaban J connectivity index is 1.66. The standard InChI is InChI=1S/C21H36O3/c1-20-9-8-18-16(17(20)6-7-19(20)23)5-4-13-10-15(22)11-14(12-24-3)21(13,18)2/h13-19,22-23H,4-12H2,1-3H3. The first kappa shape index (κ1) is 17.3. The highest BCUT2D eigenvalue weighted by Gasteiger charge is 2.62. The van der Waals surface area contributed by atoms with Crippen molar-refractivity contribution < 1.29 is 14.9 Å². The van der Waals surface area contributed by atoms with Gasteiger partial charge in [-0.15, -0.1) is 0 Å². The van der Waals surface area contributed by atoms with E-state index in [0.717, 1.165) is 37.7 Å². The van der Waals surface area contributed by atoms with E-state index in [0.29, 0.717) is 23.2 Å². The molecule has 4 aliphatic rings. The van der Waals surface area contributed by atoms with Crippen LogP contribution in [0.5, 0.6) is 0 Å². The van der Waals surface area contributed by atoms with Gasteiger partial charge in [-0.3, -0.25) is 0 Å². The molecule has 3 heteroatoms. The largest absolute Gasteiger partial charge is 0.393 e. The summed E-state index contributed by atoms with van der Waals surface area (Å²) in [7, 11) is 1.81. The van der Waals surface area contributed by atoms with E-state index in [9.17, 15) is 10.2 Å². The van der Waals surface area contributed by atoms with Crippen molar-refractivity contribution in [3.8, 4) is 0 Å². The summed E-state index contributed by atoms with van der Waals surface area (Å²) in [5.74, 6) is 3.38. The molecular formula is C21H36O3. The Hall–Kier alpha value is -0.120. The third-order valence-corrected chi connectivity index (χ3v) is 9.27. The Morgan fingerprint density at radius 3 is 2.50 bits per heavy atom. The molecule has 0 aromatic heterocycles. The van der Waals surface area contributed by atoms with Gasteiger partial charge in [-0.2, -0.15) is 0 Å². The van der Waals surface area contributed by atoms with Gasteiger partial charge in [0.1, 0.15) is 0 Å². The predicted octanol–water partition coefficient (Wildman–Crippen LogP) is 3.62. The third kappa shape index (κ3) is 2.27. The number of aliphatic hydroxyl groups excluding tert-OH is 2. The Kier molecular flexibility index (Phi) is 4.29. The Labute approximate surface area is 147 Å². The molecule has 3 nitrogen and oxygen atoms in total. The molecule has 9 unspecified atom stereocenters. The summed E-state index contributed by atoms with van der Waals surface area (Å²) in [6, 6.07) is 0. The van der Waals surface area contributed by atoms with Crippen LogP contribution in [0.2, 0.25) is 0 Å². The summed E-state index contributed by atoms with van der Waals surface area (Å²) in [5, 5.41) is 21.0. The van der Waals surface area contributed by atoms with Crippen LogP contribution >= 0.6 is 0 Å². The molecule has 4 aliphatic carbocycles. The third-order valence-electron chi connectivity index (χ3n) is 9.27. The van der Waals surface area contributed by atoms with E-state index in [-0.39, 0.29) is 17.6 Å². The molecule has 0 amide bonds. The van der Waals surface area contributed by atoms with Crippen LogP contribution < -0.4 is 0 Å². The molecule has 2 N–H and O–H groups in total. The van der Waals surface area contributed by atoms with E-state index < -0.39 is 0 Å². The van der Waals surface area contributed by atoms with Crippen LogP contribution in [0.3, 0.4) is 0 Å². The van der Waals surface area contributed by atoms with Crippen molar-refractivity contribution in [1.82, 2.24) is 0 Å². The molecule has 0 aromatic carbocycles. The summed E-state index contributed by atoms with van der Waals surface area (Å²) in [6.45, 7) is 5.67. The first-order valence-corrected chi connectivity index (χ1v) is 10.3. The highest BCUT2D eigenvalue weighted by molar-refractivity contribution is 5.11. The molecule has 24 heavy (non-hydrogen) atoms. The van der Waals surface area contributed by atoms with Crippen molar-refractivity contribution >= 4 is 0 Å². The van der Waals surface area contributed by atoms with Gasteiger partial charge in [0.05, 0.1) is 12.2 Å². The summed E-state index contributed by atoms with van der Waals surface area (Å²) >= 11 is 0. The lowest BCUT2D eigenvalue weighted by molar-refractivity contribution is -0.169. The molecular weight excluding hydrogens is 300 g/mol. The Morgan fingerprint density at radius 2 is 1.75 bits per heavy atom. The van der Waals surface area contributed by atoms with E-state index in [4.69, 9.17) is 4.74 Å². The smallest absolute Gasteiger partial charge is 0.0596 e. The van der Waals surface area contributed by atoms with Gasteiger partial charge in [0.25, 0.3) is 0 Å². The number of ether oxygens (including phenoxy) is 1. The molecule has 4 rings (SSSR count). The maximum absolute atomic E-state index is 10.6. The molecule has 0 spiro atoms. The van der Waals surface area contributed by atoms with Crippen molar-refractivity contribution in [2.75, 3.05) is 13.7 Å². The lowest BCUT2D eigenvalue weighted by Gasteiger charge is -2.63. The topological polar surface area (TPSA) is 49.7 Å². The van der Waals surface area contributed by atoms with Crippen LogP contribution in [-0.4, -0.2) is 36.1 Å². The molecule has 0 radical (unpaired) electrons. The fraction of sp³-hybridized carbons (Fsp3) is 1.00. The molecule has 9 atom stereocenters. The lowest BCUT2D eigenvalue weighted by Crippen LogP contribution is -2.58. The molecule has 138 valence electrons. The number of aliphatic hydroxyl groups is 2. The van der Waals surface area contributed by atoms with Gasteiger partial charge >= 0.3 is 0 Å². The average Bonchev–Trinajstić information content (AvgIpc) is 2.84. The SMILES string of the molecule is COCC1CC(O)CC2CCC3C4CCC(O)C4(C)CCC3C21C. The summed E-state index contributed by atoms with van der Waals surface area (Å²) in [4.78, 5) is 0. The van der Waals surface area contributed by atoms with Gasteiger partial charge < -0.3 is 14.9 Å². The number of hydrogen-bond acceptors (Lipinski definition) is 3. The maximum atomic E-state index is 10.6. The highest BCUT2D eigenvalue weighted by atomic mass is 16.5. The molecule has 4 fully saturated rings. The van der Waals surface area contributed by atoms with Gasteiger partial charge in [-0.05, 0) is 91.8 Å². The first-order chi connectivity index (χ1) is 11.4. The number of fused-ring (bicyclic) bond motifs is 5. The lowest BCUT2D eigenvalue weighted by atomic mass is 9.43. The van der Waals surface area contributed by atoms with Crippen LogP contribution in [0.15, 0.2) is 0 Å². The summed E-state index contributed by atoms with van der Waals surface area (Å²) < 4.78 is 5.60.